The summed E-state index contributed by atoms with van der Waals surface area (Å²) < 4.78 is 31.5. The van der Waals surface area contributed by atoms with Crippen molar-refractivity contribution < 1.29 is 32.9 Å². The van der Waals surface area contributed by atoms with E-state index < -0.39 is 12.1 Å². The number of aliphatic carboxylic acids is 1. The summed E-state index contributed by atoms with van der Waals surface area (Å²) in [6.07, 6.45) is -2.69. The number of aromatic amines is 1. The molecular weight excluding hydrogens is 500 g/mol. The minimum atomic E-state index is -5.19. The number of benzene rings is 2. The fourth-order valence-electron chi connectivity index (χ4n) is 2.91. The molecule has 11 heteroatoms. The molecule has 1 heterocycles. The number of hydrogen-bond donors (Lipinski definition) is 1. The van der Waals surface area contributed by atoms with Crippen molar-refractivity contribution in [3.63, 3.8) is 0 Å². The Morgan fingerprint density at radius 3 is 2.03 bits per heavy atom. The molecule has 33 heavy (non-hydrogen) atoms. The number of carbonyl (C=O) groups excluding carboxylic acids is 2. The van der Waals surface area contributed by atoms with Crippen LogP contribution in [0.1, 0.15) is 33.6 Å². The van der Waals surface area contributed by atoms with Gasteiger partial charge in [-0.15, -0.1) is 0 Å². The number of alkyl halides is 3. The zero-order chi connectivity index (χ0) is 24.6. The highest BCUT2D eigenvalue weighted by Gasteiger charge is 2.28. The molecule has 0 fully saturated rings. The second-order valence-electron chi connectivity index (χ2n) is 6.95. The van der Waals surface area contributed by atoms with Crippen molar-refractivity contribution in [3.05, 3.63) is 86.3 Å². The third-order valence-electron chi connectivity index (χ3n) is 4.55. The Bertz CT molecular complexity index is 1040. The van der Waals surface area contributed by atoms with Crippen molar-refractivity contribution in [3.8, 4) is 0 Å². The molecule has 5 nitrogen and oxygen atoms in total. The molecule has 0 saturated carbocycles. The summed E-state index contributed by atoms with van der Waals surface area (Å²) in [5.41, 5.74) is 4.08. The molecule has 3 rings (SSSR count). The first kappa shape index (κ1) is 26.6. The lowest BCUT2D eigenvalue weighted by Crippen LogP contribution is -2.37. The van der Waals surface area contributed by atoms with Crippen LogP contribution in [0.5, 0.6) is 0 Å². The summed E-state index contributed by atoms with van der Waals surface area (Å²) >= 11 is 13.4. The molecule has 0 bridgehead atoms. The zero-order valence-corrected chi connectivity index (χ0v) is 19.5. The van der Waals surface area contributed by atoms with E-state index in [9.17, 15) is 18.0 Å². The van der Waals surface area contributed by atoms with Gasteiger partial charge in [-0.25, -0.2) is 4.98 Å². The van der Waals surface area contributed by atoms with E-state index in [0.29, 0.717) is 14.9 Å². The van der Waals surface area contributed by atoms with Gasteiger partial charge in [0.2, 0.25) is 5.51 Å². The number of carbonyl (C=O) groups is 2. The molecule has 2 aromatic carbocycles. The van der Waals surface area contributed by atoms with Gasteiger partial charge in [-0.3, -0.25) is 4.79 Å². The lowest BCUT2D eigenvalue weighted by Gasteiger charge is -2.25. The molecule has 0 aliphatic heterocycles. The summed E-state index contributed by atoms with van der Waals surface area (Å²) in [5.74, 6) is -2.97. The molecule has 0 saturated heterocycles. The van der Waals surface area contributed by atoms with E-state index in [1.807, 2.05) is 55.5 Å². The summed E-state index contributed by atoms with van der Waals surface area (Å²) in [5, 5.41) is 13.3. The van der Waals surface area contributed by atoms with Crippen molar-refractivity contribution in [1.29, 1.82) is 0 Å². The Labute approximate surface area is 202 Å². The van der Waals surface area contributed by atoms with Gasteiger partial charge in [0.05, 0.1) is 0 Å². The van der Waals surface area contributed by atoms with Crippen LogP contribution in [-0.2, 0) is 11.2 Å². The van der Waals surface area contributed by atoms with Gasteiger partial charge < -0.3 is 15.2 Å². The standard InChI is InChI=1S/C20H18Cl2N2OS.C2HF3O2/c1-13(24-20(25)19-11-23-12-26-19)18(15-4-8-17(22)9-5-15)10-14-2-6-16(21)7-3-14;3-2(4,5)1(6)7/h2-9,11-13,18H,10H2,1H3,(H,24,25);(H,6,7)/t13-,18+;/m1./s1. The minimum absolute atomic E-state index is 0.0542. The van der Waals surface area contributed by atoms with Crippen LogP contribution in [0.4, 0.5) is 13.2 Å². The number of amides is 1. The monoisotopic (exact) mass is 518 g/mol. The number of carboxylic acids is 1. The van der Waals surface area contributed by atoms with Gasteiger partial charge >= 0.3 is 6.18 Å². The molecule has 1 aromatic heterocycles. The van der Waals surface area contributed by atoms with E-state index in [1.54, 1.807) is 11.7 Å². The maximum atomic E-state index is 12.4. The maximum absolute atomic E-state index is 12.4. The Morgan fingerprint density at radius 1 is 1.06 bits per heavy atom. The smallest absolute Gasteiger partial charge is 0.430 e. The van der Waals surface area contributed by atoms with E-state index in [1.165, 1.54) is 16.9 Å². The first-order chi connectivity index (χ1) is 15.5. The van der Waals surface area contributed by atoms with Gasteiger partial charge in [0, 0.05) is 22.0 Å². The van der Waals surface area contributed by atoms with E-state index in [-0.39, 0.29) is 17.9 Å². The first-order valence-electron chi connectivity index (χ1n) is 9.51. The van der Waals surface area contributed by atoms with Gasteiger partial charge in [0.25, 0.3) is 5.91 Å². The number of H-pyrrole nitrogens is 1. The molecule has 0 spiro atoms. The lowest BCUT2D eigenvalue weighted by atomic mass is 9.86. The number of carboxylic acid groups (broad SMARTS) is 1. The van der Waals surface area contributed by atoms with E-state index in [0.717, 1.165) is 12.0 Å². The third kappa shape index (κ3) is 8.68. The van der Waals surface area contributed by atoms with Crippen LogP contribution in [0.15, 0.2) is 60.2 Å². The quantitative estimate of drug-likeness (QED) is 0.527. The fraction of sp³-hybridized carbons (Fsp3) is 0.227. The van der Waals surface area contributed by atoms with Crippen LogP contribution in [0.2, 0.25) is 10.0 Å². The number of rotatable bonds is 6. The number of aromatic nitrogens is 1. The predicted octanol–water partition coefficient (Wildman–Crippen LogP) is 4.31. The number of hydrogen-bond acceptors (Lipinski definition) is 4. The van der Waals surface area contributed by atoms with Crippen molar-refractivity contribution in [1.82, 2.24) is 5.32 Å². The van der Waals surface area contributed by atoms with Crippen molar-refractivity contribution in [2.24, 2.45) is 0 Å². The molecule has 0 aliphatic carbocycles. The van der Waals surface area contributed by atoms with Crippen molar-refractivity contribution in [2.45, 2.75) is 31.5 Å². The number of halogens is 5. The second kappa shape index (κ2) is 12.0. The summed E-state index contributed by atoms with van der Waals surface area (Å²) in [6, 6.07) is 15.6. The summed E-state index contributed by atoms with van der Waals surface area (Å²) in [6.45, 7) is 2.03. The van der Waals surface area contributed by atoms with E-state index in [2.05, 4.69) is 10.3 Å². The zero-order valence-electron chi connectivity index (χ0n) is 17.2. The molecule has 0 unspecified atom stereocenters. The summed E-state index contributed by atoms with van der Waals surface area (Å²) in [7, 11) is 0. The van der Waals surface area contributed by atoms with Gasteiger partial charge in [0.1, 0.15) is 5.97 Å². The van der Waals surface area contributed by atoms with Crippen molar-refractivity contribution in [2.75, 3.05) is 0 Å². The number of thiazole rings is 1. The maximum Gasteiger partial charge on any atom is 0.430 e. The molecule has 2 atom stereocenters. The Morgan fingerprint density at radius 2 is 1.58 bits per heavy atom. The van der Waals surface area contributed by atoms with Crippen LogP contribution in [0.3, 0.4) is 0 Å². The highest BCUT2D eigenvalue weighted by atomic mass is 35.5. The van der Waals surface area contributed by atoms with Crippen LogP contribution < -0.4 is 15.4 Å². The molecule has 1 amide bonds. The highest BCUT2D eigenvalue weighted by Crippen LogP contribution is 2.27. The molecular formula is C22H19Cl2F3N2O3S. The minimum Gasteiger partial charge on any atom is -0.542 e. The lowest BCUT2D eigenvalue weighted by molar-refractivity contribution is -0.370. The number of nitrogens with one attached hydrogen (secondary N) is 2. The average Bonchev–Trinajstić information content (AvgIpc) is 3.29. The van der Waals surface area contributed by atoms with E-state index in [4.69, 9.17) is 33.1 Å². The van der Waals surface area contributed by atoms with Crippen LogP contribution >= 0.6 is 34.5 Å². The van der Waals surface area contributed by atoms with Crippen LogP contribution in [0.25, 0.3) is 0 Å². The second-order valence-corrected chi connectivity index (χ2v) is 8.73. The topological polar surface area (TPSA) is 83.4 Å². The van der Waals surface area contributed by atoms with E-state index >= 15 is 0 Å². The normalized spacial score (nSPS) is 12.8. The SMILES string of the molecule is C[C@@H](NC(=O)c1c[nH+]cs1)[C@H](Cc1ccc(Cl)cc1)c1ccc(Cl)cc1.O=C([O-])C(F)(F)F. The van der Waals surface area contributed by atoms with Crippen LogP contribution in [-0.4, -0.2) is 24.1 Å². The Balaban J connectivity index is 0.000000479. The molecule has 3 aromatic rings. The van der Waals surface area contributed by atoms with Gasteiger partial charge in [0.15, 0.2) is 11.1 Å². The molecule has 2 N–H and O–H groups in total. The first-order valence-corrected chi connectivity index (χ1v) is 11.1. The average molecular weight is 519 g/mol. The van der Waals surface area contributed by atoms with Gasteiger partial charge in [-0.05, 0) is 48.7 Å². The Hall–Kier alpha value is -2.62. The van der Waals surface area contributed by atoms with Gasteiger partial charge in [-0.1, -0.05) is 58.8 Å². The predicted molar refractivity (Wildman–Crippen MR) is 118 cm³/mol. The van der Waals surface area contributed by atoms with Gasteiger partial charge in [-0.2, -0.15) is 13.2 Å². The van der Waals surface area contributed by atoms with Crippen molar-refractivity contribution >= 4 is 46.4 Å². The summed E-state index contributed by atoms with van der Waals surface area (Å²) in [4.78, 5) is 24.8. The molecule has 176 valence electrons. The fourth-order valence-corrected chi connectivity index (χ4v) is 3.72. The third-order valence-corrected chi connectivity index (χ3v) is 5.87. The molecule has 0 radical (unpaired) electrons. The molecule has 0 aliphatic rings. The van der Waals surface area contributed by atoms with Crippen LogP contribution in [0, 0.1) is 0 Å². The largest absolute Gasteiger partial charge is 0.542 e. The highest BCUT2D eigenvalue weighted by molar-refractivity contribution is 7.11. The Kier molecular flexibility index (Phi) is 9.70.